The first-order valence-corrected chi connectivity index (χ1v) is 14.4. The fraction of sp³-hybridized carbons (Fsp3) is 0.677. The van der Waals surface area contributed by atoms with Crippen molar-refractivity contribution in [3.63, 3.8) is 0 Å². The Hall–Kier alpha value is -1.90. The van der Waals surface area contributed by atoms with E-state index >= 15 is 0 Å². The second-order valence-electron chi connectivity index (χ2n) is 13.7. The second-order valence-corrected chi connectivity index (χ2v) is 13.7. The zero-order valence-corrected chi connectivity index (χ0v) is 20.5. The first-order chi connectivity index (χ1) is 16.7. The lowest BCUT2D eigenvalue weighted by Gasteiger charge is -2.54. The Bertz CT molecular complexity index is 1160. The Morgan fingerprint density at radius 3 is 1.26 bits per heavy atom. The first kappa shape index (κ1) is 19.3. The van der Waals surface area contributed by atoms with Crippen molar-refractivity contribution in [1.82, 2.24) is 14.5 Å². The van der Waals surface area contributed by atoms with Crippen LogP contribution in [0.3, 0.4) is 0 Å². The van der Waals surface area contributed by atoms with Gasteiger partial charge in [-0.2, -0.15) is 0 Å². The predicted octanol–water partition coefficient (Wildman–Crippen LogP) is 7.20. The number of aromatic nitrogens is 3. The van der Waals surface area contributed by atoms with Gasteiger partial charge in [0.2, 0.25) is 0 Å². The molecule has 8 aliphatic carbocycles. The van der Waals surface area contributed by atoms with Crippen molar-refractivity contribution < 1.29 is 0 Å². The summed E-state index contributed by atoms with van der Waals surface area (Å²) in [5, 5.41) is 2.87. The smallest absolute Gasteiger partial charge is 0.0675 e. The Morgan fingerprint density at radius 1 is 0.559 bits per heavy atom. The van der Waals surface area contributed by atoms with Gasteiger partial charge in [-0.25, -0.2) is 0 Å². The molecule has 3 nitrogen and oxygen atoms in total. The van der Waals surface area contributed by atoms with Gasteiger partial charge in [-0.15, -0.1) is 0 Å². The molecule has 8 bridgehead atoms. The second kappa shape index (κ2) is 6.65. The lowest BCUT2D eigenvalue weighted by Crippen LogP contribution is -2.44. The molecule has 0 aliphatic heterocycles. The fourth-order valence-corrected chi connectivity index (χ4v) is 11.2. The van der Waals surface area contributed by atoms with E-state index in [2.05, 4.69) is 36.1 Å². The summed E-state index contributed by atoms with van der Waals surface area (Å²) in [4.78, 5) is 10.3. The van der Waals surface area contributed by atoms with E-state index in [4.69, 9.17) is 9.97 Å². The molecule has 0 unspecified atom stereocenters. The average molecular weight is 452 g/mol. The van der Waals surface area contributed by atoms with E-state index in [1.807, 2.05) is 0 Å². The number of hydrogen-bond acceptors (Lipinski definition) is 2. The summed E-state index contributed by atoms with van der Waals surface area (Å²) >= 11 is 0. The lowest BCUT2D eigenvalue weighted by molar-refractivity contribution is -0.00418. The molecule has 3 heterocycles. The third kappa shape index (κ3) is 2.54. The summed E-state index contributed by atoms with van der Waals surface area (Å²) < 4.78 is 2.34. The van der Waals surface area contributed by atoms with Crippen LogP contribution in [0.2, 0.25) is 0 Å². The van der Waals surface area contributed by atoms with Crippen molar-refractivity contribution in [2.75, 3.05) is 0 Å². The Balaban J connectivity index is 1.15. The normalized spacial score (nSPS) is 44.0. The van der Waals surface area contributed by atoms with Crippen LogP contribution < -0.4 is 0 Å². The summed E-state index contributed by atoms with van der Waals surface area (Å²) in [6.07, 6.45) is 19.2. The van der Waals surface area contributed by atoms with E-state index in [1.54, 1.807) is 0 Å². The Morgan fingerprint density at radius 2 is 0.912 bits per heavy atom. The van der Waals surface area contributed by atoms with Gasteiger partial charge in [0.05, 0.1) is 23.4 Å². The number of nitrogens with zero attached hydrogens (tertiary/aromatic N) is 3. The number of hydrogen-bond donors (Lipinski definition) is 0. The molecule has 0 N–H and O–H groups in total. The minimum absolute atomic E-state index is 0.707. The van der Waals surface area contributed by atoms with Gasteiger partial charge in [-0.3, -0.25) is 9.97 Å². The SMILES string of the molecule is Cn1c2cnc(C3C4CC5CC(C4)CC3C5)cc2c2cc(C3C4CC5CC(C4)CC3C5)ncc21. The zero-order valence-electron chi connectivity index (χ0n) is 20.5. The van der Waals surface area contributed by atoms with E-state index in [0.29, 0.717) is 11.8 Å². The van der Waals surface area contributed by atoms with Crippen LogP contribution in [0.4, 0.5) is 0 Å². The maximum absolute atomic E-state index is 5.14. The van der Waals surface area contributed by atoms with Gasteiger partial charge < -0.3 is 4.57 Å². The molecule has 3 heteroatoms. The van der Waals surface area contributed by atoms with Gasteiger partial charge in [-0.1, -0.05) is 0 Å². The highest BCUT2D eigenvalue weighted by atomic mass is 15.0. The van der Waals surface area contributed by atoms with Crippen molar-refractivity contribution in [2.45, 2.75) is 76.0 Å². The van der Waals surface area contributed by atoms with Crippen LogP contribution in [0.25, 0.3) is 21.8 Å². The van der Waals surface area contributed by atoms with E-state index in [0.717, 1.165) is 47.3 Å². The van der Waals surface area contributed by atoms with Gasteiger partial charge >= 0.3 is 0 Å². The maximum Gasteiger partial charge on any atom is 0.0675 e. The molecule has 0 aromatic carbocycles. The van der Waals surface area contributed by atoms with Crippen molar-refractivity contribution in [3.05, 3.63) is 35.9 Å². The highest BCUT2D eigenvalue weighted by Crippen LogP contribution is 2.61. The molecule has 3 aromatic rings. The predicted molar refractivity (Wildman–Crippen MR) is 136 cm³/mol. The minimum atomic E-state index is 0.707. The molecule has 8 fully saturated rings. The van der Waals surface area contributed by atoms with Crippen molar-refractivity contribution in [3.8, 4) is 0 Å². The molecule has 8 saturated carbocycles. The molecule has 8 aliphatic rings. The lowest BCUT2D eigenvalue weighted by atomic mass is 9.51. The number of aryl methyl sites for hydroxylation is 1. The van der Waals surface area contributed by atoms with Crippen LogP contribution in [0, 0.1) is 47.3 Å². The Kier molecular flexibility index (Phi) is 3.78. The molecule has 0 saturated heterocycles. The molecular weight excluding hydrogens is 414 g/mol. The summed E-state index contributed by atoms with van der Waals surface area (Å²) in [6, 6.07) is 5.04. The van der Waals surface area contributed by atoms with E-state index in [1.165, 1.54) is 97.4 Å². The van der Waals surface area contributed by atoms with Crippen LogP contribution in [-0.4, -0.2) is 14.5 Å². The van der Waals surface area contributed by atoms with Gasteiger partial charge in [0.1, 0.15) is 0 Å². The average Bonchev–Trinajstić information content (AvgIpc) is 3.09. The summed E-state index contributed by atoms with van der Waals surface area (Å²) in [5.74, 6) is 9.07. The summed E-state index contributed by atoms with van der Waals surface area (Å²) in [7, 11) is 2.21. The standard InChI is InChI=1S/C31H37N3/c1-34-28-14-32-26(30-20-4-16-2-17(6-20)7-21(30)5-16)12-24(28)25-13-27(33-15-29(25)34)31-22-8-18-3-19(10-22)11-23(31)9-18/h12-23,30-31H,2-11H2,1H3. The van der Waals surface area contributed by atoms with Crippen LogP contribution in [0.15, 0.2) is 24.5 Å². The third-order valence-electron chi connectivity index (χ3n) is 12.0. The quantitative estimate of drug-likeness (QED) is 0.412. The van der Waals surface area contributed by atoms with Crippen LogP contribution in [0.1, 0.15) is 87.4 Å². The minimum Gasteiger partial charge on any atom is -0.341 e. The highest BCUT2D eigenvalue weighted by molar-refractivity contribution is 6.07. The molecular formula is C31H37N3. The fourth-order valence-electron chi connectivity index (χ4n) is 11.2. The van der Waals surface area contributed by atoms with Gasteiger partial charge in [0.15, 0.2) is 0 Å². The maximum atomic E-state index is 5.14. The van der Waals surface area contributed by atoms with E-state index in [-0.39, 0.29) is 0 Å². The van der Waals surface area contributed by atoms with Crippen molar-refractivity contribution in [1.29, 1.82) is 0 Å². The monoisotopic (exact) mass is 451 g/mol. The van der Waals surface area contributed by atoms with Crippen LogP contribution in [0.5, 0.6) is 0 Å². The number of pyridine rings is 2. The zero-order chi connectivity index (χ0) is 22.1. The molecule has 34 heavy (non-hydrogen) atoms. The molecule has 11 rings (SSSR count). The van der Waals surface area contributed by atoms with Crippen molar-refractivity contribution >= 4 is 21.8 Å². The number of fused-ring (bicyclic) bond motifs is 3. The molecule has 0 radical (unpaired) electrons. The molecule has 3 aromatic heterocycles. The summed E-state index contributed by atoms with van der Waals surface area (Å²) in [6.45, 7) is 0. The first-order valence-electron chi connectivity index (χ1n) is 14.4. The highest BCUT2D eigenvalue weighted by Gasteiger charge is 2.50. The van der Waals surface area contributed by atoms with Gasteiger partial charge in [-0.05, 0) is 124 Å². The molecule has 0 atom stereocenters. The van der Waals surface area contributed by atoms with Crippen LogP contribution in [-0.2, 0) is 7.05 Å². The van der Waals surface area contributed by atoms with E-state index < -0.39 is 0 Å². The Labute approximate surface area is 202 Å². The molecule has 0 amide bonds. The summed E-state index contributed by atoms with van der Waals surface area (Å²) in [5.41, 5.74) is 5.38. The topological polar surface area (TPSA) is 30.7 Å². The van der Waals surface area contributed by atoms with Gasteiger partial charge in [0.25, 0.3) is 0 Å². The van der Waals surface area contributed by atoms with E-state index in [9.17, 15) is 0 Å². The largest absolute Gasteiger partial charge is 0.341 e. The van der Waals surface area contributed by atoms with Crippen molar-refractivity contribution in [2.24, 2.45) is 54.4 Å². The molecule has 0 spiro atoms. The van der Waals surface area contributed by atoms with Gasteiger partial charge in [0, 0.05) is 41.0 Å². The molecule has 176 valence electrons. The third-order valence-corrected chi connectivity index (χ3v) is 12.0. The van der Waals surface area contributed by atoms with Crippen LogP contribution >= 0.6 is 0 Å². The number of rotatable bonds is 2.